The van der Waals surface area contributed by atoms with Gasteiger partial charge < -0.3 is 5.11 Å². The predicted molar refractivity (Wildman–Crippen MR) is 81.4 cm³/mol. The minimum Gasteiger partial charge on any atom is -0.493 e. The standard InChI is InChI=1S/C13H14N8O3/c14-5-7-6-16-21(8-3-1-2-4-15-8)10(7)20-19-9-11(22)17-13(24)18-12(9)23/h6,8,15H,1-4H2,(H3,17,18,22,23,24). The first kappa shape index (κ1) is 15.6. The molecule has 2 aromatic heterocycles. The predicted octanol–water partition coefficient (Wildman–Crippen LogP) is 0.524. The van der Waals surface area contributed by atoms with E-state index in [1.54, 1.807) is 0 Å². The highest BCUT2D eigenvalue weighted by molar-refractivity contribution is 5.48. The summed E-state index contributed by atoms with van der Waals surface area (Å²) in [7, 11) is 0. The van der Waals surface area contributed by atoms with Crippen molar-refractivity contribution in [3.8, 4) is 11.9 Å². The molecule has 2 aromatic rings. The molecule has 0 radical (unpaired) electrons. The van der Waals surface area contributed by atoms with E-state index in [0.29, 0.717) is 0 Å². The summed E-state index contributed by atoms with van der Waals surface area (Å²) in [5.41, 5.74) is -2.01. The van der Waals surface area contributed by atoms with E-state index >= 15 is 0 Å². The summed E-state index contributed by atoms with van der Waals surface area (Å²) in [6.07, 6.45) is 4.12. The number of aromatic hydroxyl groups is 1. The molecule has 1 aliphatic heterocycles. The number of azo groups is 1. The highest BCUT2D eigenvalue weighted by atomic mass is 16.3. The quantitative estimate of drug-likeness (QED) is 0.599. The van der Waals surface area contributed by atoms with Gasteiger partial charge in [0, 0.05) is 0 Å². The van der Waals surface area contributed by atoms with Crippen LogP contribution < -0.4 is 16.6 Å². The Bertz CT molecular complexity index is 926. The minimum absolute atomic E-state index is 0.128. The fourth-order valence-electron chi connectivity index (χ4n) is 2.46. The Balaban J connectivity index is 2.01. The SMILES string of the molecule is N#Cc1cnn(C2CCCCN2)c1N=Nc1c(O)[nH]c(=O)[nH]c1=O. The molecule has 1 fully saturated rings. The first-order chi connectivity index (χ1) is 11.6. The molecule has 1 saturated heterocycles. The number of H-pyrrole nitrogens is 2. The Morgan fingerprint density at radius 3 is 2.83 bits per heavy atom. The zero-order valence-electron chi connectivity index (χ0n) is 12.5. The van der Waals surface area contributed by atoms with Gasteiger partial charge in [0.1, 0.15) is 17.8 Å². The molecule has 124 valence electrons. The van der Waals surface area contributed by atoms with E-state index < -0.39 is 22.8 Å². The fraction of sp³-hybridized carbons (Fsp3) is 0.385. The average Bonchev–Trinajstić information content (AvgIpc) is 2.97. The lowest BCUT2D eigenvalue weighted by Crippen LogP contribution is -2.31. The third kappa shape index (κ3) is 2.95. The zero-order valence-corrected chi connectivity index (χ0v) is 12.5. The van der Waals surface area contributed by atoms with Crippen molar-refractivity contribution in [3.63, 3.8) is 0 Å². The van der Waals surface area contributed by atoms with Crippen LogP contribution in [0.2, 0.25) is 0 Å². The Hall–Kier alpha value is -3.26. The maximum atomic E-state index is 11.7. The van der Waals surface area contributed by atoms with Crippen molar-refractivity contribution in [2.24, 2.45) is 10.2 Å². The molecular weight excluding hydrogens is 316 g/mol. The molecule has 0 aliphatic carbocycles. The number of piperidine rings is 1. The molecule has 3 rings (SSSR count). The Morgan fingerprint density at radius 2 is 2.17 bits per heavy atom. The molecule has 1 unspecified atom stereocenters. The van der Waals surface area contributed by atoms with E-state index in [9.17, 15) is 20.0 Å². The van der Waals surface area contributed by atoms with Gasteiger partial charge in [0.25, 0.3) is 5.56 Å². The lowest BCUT2D eigenvalue weighted by atomic mass is 10.1. The summed E-state index contributed by atoms with van der Waals surface area (Å²) < 4.78 is 1.53. The molecule has 24 heavy (non-hydrogen) atoms. The van der Waals surface area contributed by atoms with Gasteiger partial charge in [-0.1, -0.05) is 0 Å². The Morgan fingerprint density at radius 1 is 1.33 bits per heavy atom. The van der Waals surface area contributed by atoms with Crippen LogP contribution in [0.5, 0.6) is 5.88 Å². The fourth-order valence-corrected chi connectivity index (χ4v) is 2.46. The minimum atomic E-state index is -0.889. The number of nitrogens with one attached hydrogen (secondary N) is 3. The molecule has 4 N–H and O–H groups in total. The average molecular weight is 330 g/mol. The smallest absolute Gasteiger partial charge is 0.328 e. The molecule has 0 amide bonds. The van der Waals surface area contributed by atoms with Gasteiger partial charge in [-0.15, -0.1) is 10.2 Å². The van der Waals surface area contributed by atoms with Crippen molar-refractivity contribution >= 4 is 11.5 Å². The van der Waals surface area contributed by atoms with Crippen molar-refractivity contribution < 1.29 is 5.11 Å². The molecule has 3 heterocycles. The number of rotatable bonds is 3. The monoisotopic (exact) mass is 330 g/mol. The molecule has 0 saturated carbocycles. The second kappa shape index (κ2) is 6.47. The molecule has 0 aromatic carbocycles. The molecule has 11 heteroatoms. The van der Waals surface area contributed by atoms with Gasteiger partial charge in [-0.05, 0) is 25.8 Å². The van der Waals surface area contributed by atoms with Crippen LogP contribution in [0, 0.1) is 11.3 Å². The van der Waals surface area contributed by atoms with Crippen LogP contribution in [-0.4, -0.2) is 31.4 Å². The zero-order chi connectivity index (χ0) is 17.1. The van der Waals surface area contributed by atoms with E-state index in [0.717, 1.165) is 25.8 Å². The summed E-state index contributed by atoms with van der Waals surface area (Å²) in [5, 5.41) is 33.8. The topological polar surface area (TPSA) is 164 Å². The molecule has 1 atom stereocenters. The number of hydrogen-bond donors (Lipinski definition) is 4. The van der Waals surface area contributed by atoms with Crippen LogP contribution in [0.3, 0.4) is 0 Å². The van der Waals surface area contributed by atoms with Crippen molar-refractivity contribution in [1.82, 2.24) is 25.1 Å². The van der Waals surface area contributed by atoms with Crippen LogP contribution in [-0.2, 0) is 0 Å². The number of nitrogens with zero attached hydrogens (tertiary/aromatic N) is 5. The van der Waals surface area contributed by atoms with Gasteiger partial charge in [-0.25, -0.2) is 9.48 Å². The van der Waals surface area contributed by atoms with Gasteiger partial charge >= 0.3 is 5.69 Å². The van der Waals surface area contributed by atoms with E-state index in [2.05, 4.69) is 20.6 Å². The van der Waals surface area contributed by atoms with Gasteiger partial charge in [-0.3, -0.25) is 20.1 Å². The first-order valence-corrected chi connectivity index (χ1v) is 7.28. The van der Waals surface area contributed by atoms with Gasteiger partial charge in [0.15, 0.2) is 5.82 Å². The summed E-state index contributed by atoms with van der Waals surface area (Å²) in [6, 6.07) is 1.96. The number of aromatic nitrogens is 4. The molecule has 0 spiro atoms. The van der Waals surface area contributed by atoms with E-state index in [1.807, 2.05) is 16.0 Å². The van der Waals surface area contributed by atoms with E-state index in [1.165, 1.54) is 10.9 Å². The highest BCUT2D eigenvalue weighted by Crippen LogP contribution is 2.28. The van der Waals surface area contributed by atoms with Crippen molar-refractivity contribution in [1.29, 1.82) is 5.26 Å². The van der Waals surface area contributed by atoms with Crippen LogP contribution in [0.1, 0.15) is 31.0 Å². The highest BCUT2D eigenvalue weighted by Gasteiger charge is 2.21. The summed E-state index contributed by atoms with van der Waals surface area (Å²) in [4.78, 5) is 26.7. The Labute approximate surface area is 134 Å². The third-order valence-electron chi connectivity index (χ3n) is 3.61. The number of nitriles is 1. The van der Waals surface area contributed by atoms with Crippen molar-refractivity contribution in [2.45, 2.75) is 25.4 Å². The molecular formula is C13H14N8O3. The molecule has 1 aliphatic rings. The maximum absolute atomic E-state index is 11.7. The van der Waals surface area contributed by atoms with Crippen molar-refractivity contribution in [2.75, 3.05) is 6.54 Å². The first-order valence-electron chi connectivity index (χ1n) is 7.28. The molecule has 11 nitrogen and oxygen atoms in total. The number of hydrogen-bond acceptors (Lipinski definition) is 8. The summed E-state index contributed by atoms with van der Waals surface area (Å²) in [5.74, 6) is -0.533. The largest absolute Gasteiger partial charge is 0.493 e. The van der Waals surface area contributed by atoms with E-state index in [4.69, 9.17) is 0 Å². The van der Waals surface area contributed by atoms with Gasteiger partial charge in [0.05, 0.1) is 6.20 Å². The Kier molecular flexibility index (Phi) is 4.21. The van der Waals surface area contributed by atoms with Crippen LogP contribution in [0.25, 0.3) is 0 Å². The lowest BCUT2D eigenvalue weighted by Gasteiger charge is -2.24. The second-order valence-corrected chi connectivity index (χ2v) is 5.21. The van der Waals surface area contributed by atoms with Crippen LogP contribution in [0.4, 0.5) is 11.5 Å². The maximum Gasteiger partial charge on any atom is 0.328 e. The lowest BCUT2D eigenvalue weighted by molar-refractivity contribution is 0.300. The normalized spacial score (nSPS) is 17.9. The van der Waals surface area contributed by atoms with Crippen LogP contribution in [0.15, 0.2) is 26.0 Å². The number of aromatic amines is 2. The van der Waals surface area contributed by atoms with Gasteiger partial charge in [0.2, 0.25) is 11.6 Å². The summed E-state index contributed by atoms with van der Waals surface area (Å²) in [6.45, 7) is 0.823. The second-order valence-electron chi connectivity index (χ2n) is 5.21. The molecule has 0 bridgehead atoms. The van der Waals surface area contributed by atoms with Crippen LogP contribution >= 0.6 is 0 Å². The van der Waals surface area contributed by atoms with Crippen molar-refractivity contribution in [3.05, 3.63) is 32.6 Å². The summed E-state index contributed by atoms with van der Waals surface area (Å²) >= 11 is 0. The third-order valence-corrected chi connectivity index (χ3v) is 3.61. The van der Waals surface area contributed by atoms with E-state index in [-0.39, 0.29) is 17.5 Å². The van der Waals surface area contributed by atoms with Gasteiger partial charge in [-0.2, -0.15) is 10.4 Å².